The number of sulfonamides is 1. The molecule has 0 radical (unpaired) electrons. The van der Waals surface area contributed by atoms with Crippen molar-refractivity contribution >= 4 is 10.0 Å². The van der Waals surface area contributed by atoms with Crippen LogP contribution in [0, 0.1) is 5.82 Å². The zero-order valence-corrected chi connectivity index (χ0v) is 14.3. The Morgan fingerprint density at radius 1 is 1.12 bits per heavy atom. The molecule has 2 aromatic rings. The van der Waals surface area contributed by atoms with Gasteiger partial charge in [-0.15, -0.1) is 0 Å². The Bertz CT molecular complexity index is 790. The van der Waals surface area contributed by atoms with Gasteiger partial charge in [-0.2, -0.15) is 4.31 Å². The van der Waals surface area contributed by atoms with E-state index >= 15 is 0 Å². The normalized spacial score (nSPS) is 18.4. The maximum absolute atomic E-state index is 13.4. The molecule has 3 rings (SSSR count). The van der Waals surface area contributed by atoms with E-state index in [2.05, 4.69) is 9.88 Å². The summed E-state index contributed by atoms with van der Waals surface area (Å²) in [4.78, 5) is 6.27. The summed E-state index contributed by atoms with van der Waals surface area (Å²) in [7, 11) is -3.50. The molecule has 0 spiro atoms. The van der Waals surface area contributed by atoms with E-state index < -0.39 is 10.0 Å². The lowest BCUT2D eigenvalue weighted by Crippen LogP contribution is -2.49. The zero-order valence-electron chi connectivity index (χ0n) is 13.5. The van der Waals surface area contributed by atoms with E-state index in [0.29, 0.717) is 26.2 Å². The Morgan fingerprint density at radius 3 is 2.50 bits per heavy atom. The average Bonchev–Trinajstić information content (AvgIpc) is 2.62. The molecule has 1 aliphatic rings. The van der Waals surface area contributed by atoms with Gasteiger partial charge in [0.1, 0.15) is 10.7 Å². The molecule has 5 nitrogen and oxygen atoms in total. The number of nitrogens with zero attached hydrogens (tertiary/aromatic N) is 3. The molecule has 1 aliphatic heterocycles. The van der Waals surface area contributed by atoms with Gasteiger partial charge in [0, 0.05) is 44.6 Å². The number of rotatable bonds is 4. The number of benzene rings is 1. The molecule has 128 valence electrons. The topological polar surface area (TPSA) is 53.5 Å². The molecule has 2 heterocycles. The van der Waals surface area contributed by atoms with Crippen molar-refractivity contribution in [1.29, 1.82) is 0 Å². The summed E-state index contributed by atoms with van der Waals surface area (Å²) in [6.07, 6.45) is 2.93. The Kier molecular flexibility index (Phi) is 4.93. The quantitative estimate of drug-likeness (QED) is 0.850. The summed E-state index contributed by atoms with van der Waals surface area (Å²) in [5.41, 5.74) is 0.901. The molecule has 0 amide bonds. The van der Waals surface area contributed by atoms with Crippen molar-refractivity contribution in [3.05, 3.63) is 60.2 Å². The van der Waals surface area contributed by atoms with Crippen LogP contribution in [0.3, 0.4) is 0 Å². The van der Waals surface area contributed by atoms with Gasteiger partial charge in [-0.05, 0) is 36.8 Å². The van der Waals surface area contributed by atoms with Gasteiger partial charge >= 0.3 is 0 Å². The van der Waals surface area contributed by atoms with Crippen LogP contribution in [-0.4, -0.2) is 48.8 Å². The second-order valence-corrected chi connectivity index (χ2v) is 7.80. The fraction of sp³-hybridized carbons (Fsp3) is 0.353. The maximum atomic E-state index is 13.4. The fourth-order valence-electron chi connectivity index (χ4n) is 2.96. The third-order valence-electron chi connectivity index (χ3n) is 4.42. The van der Waals surface area contributed by atoms with Gasteiger partial charge in [0.05, 0.1) is 0 Å². The first kappa shape index (κ1) is 17.0. The molecule has 1 aromatic carbocycles. The van der Waals surface area contributed by atoms with Gasteiger partial charge < -0.3 is 0 Å². The predicted molar refractivity (Wildman–Crippen MR) is 89.4 cm³/mol. The Balaban J connectivity index is 1.68. The minimum Gasteiger partial charge on any atom is -0.294 e. The molecule has 1 aromatic heterocycles. The molecular formula is C17H20FN3O2S. The minimum absolute atomic E-state index is 0.0453. The molecule has 0 bridgehead atoms. The number of pyridine rings is 1. The summed E-state index contributed by atoms with van der Waals surface area (Å²) in [6.45, 7) is 4.06. The van der Waals surface area contributed by atoms with Crippen LogP contribution in [0.15, 0.2) is 53.7 Å². The molecule has 0 saturated carbocycles. The lowest BCUT2D eigenvalue weighted by molar-refractivity contribution is 0.145. The predicted octanol–water partition coefficient (Wildman–Crippen LogP) is 2.29. The Morgan fingerprint density at radius 2 is 1.88 bits per heavy atom. The highest BCUT2D eigenvalue weighted by molar-refractivity contribution is 7.89. The molecule has 1 fully saturated rings. The van der Waals surface area contributed by atoms with E-state index in [4.69, 9.17) is 0 Å². The highest BCUT2D eigenvalue weighted by Gasteiger charge is 2.30. The molecule has 0 aliphatic carbocycles. The molecule has 24 heavy (non-hydrogen) atoms. The van der Waals surface area contributed by atoms with Gasteiger partial charge in [-0.25, -0.2) is 12.8 Å². The van der Waals surface area contributed by atoms with Crippen molar-refractivity contribution < 1.29 is 12.8 Å². The molecule has 1 saturated heterocycles. The lowest BCUT2D eigenvalue weighted by atomic mass is 10.1. The van der Waals surface area contributed by atoms with E-state index in [1.165, 1.54) is 22.6 Å². The number of hydrogen-bond donors (Lipinski definition) is 0. The van der Waals surface area contributed by atoms with Crippen molar-refractivity contribution in [2.24, 2.45) is 0 Å². The van der Waals surface area contributed by atoms with E-state index in [9.17, 15) is 12.8 Å². The third kappa shape index (κ3) is 3.48. The summed E-state index contributed by atoms with van der Waals surface area (Å²) in [5.74, 6) is -0.253. The second-order valence-electron chi connectivity index (χ2n) is 5.86. The van der Waals surface area contributed by atoms with Crippen molar-refractivity contribution in [3.63, 3.8) is 0 Å². The Labute approximate surface area is 141 Å². The largest absolute Gasteiger partial charge is 0.294 e. The van der Waals surface area contributed by atoms with Crippen LogP contribution in [0.4, 0.5) is 4.39 Å². The third-order valence-corrected chi connectivity index (χ3v) is 6.31. The Hall–Kier alpha value is -1.83. The first-order valence-electron chi connectivity index (χ1n) is 7.88. The van der Waals surface area contributed by atoms with Gasteiger partial charge in [0.2, 0.25) is 10.0 Å². The van der Waals surface area contributed by atoms with Crippen LogP contribution in [0.2, 0.25) is 0 Å². The highest BCUT2D eigenvalue weighted by atomic mass is 32.2. The van der Waals surface area contributed by atoms with Crippen molar-refractivity contribution in [2.45, 2.75) is 17.9 Å². The van der Waals surface area contributed by atoms with Gasteiger partial charge in [-0.1, -0.05) is 12.1 Å². The van der Waals surface area contributed by atoms with Gasteiger partial charge in [-0.3, -0.25) is 9.88 Å². The number of hydrogen-bond acceptors (Lipinski definition) is 4. The summed E-state index contributed by atoms with van der Waals surface area (Å²) in [6, 6.07) is 9.78. The summed E-state index contributed by atoms with van der Waals surface area (Å²) in [5, 5.41) is 0. The molecule has 0 unspecified atom stereocenters. The zero-order chi connectivity index (χ0) is 17.2. The number of aromatic nitrogens is 1. The molecular weight excluding hydrogens is 329 g/mol. The molecule has 7 heteroatoms. The van der Waals surface area contributed by atoms with Crippen LogP contribution in [0.25, 0.3) is 0 Å². The van der Waals surface area contributed by atoms with E-state index in [-0.39, 0.29) is 16.8 Å². The minimum atomic E-state index is -3.50. The first-order chi connectivity index (χ1) is 11.5. The SMILES string of the molecule is C[C@H](c1cccc(F)c1)N1CCN(S(=O)(=O)c2cccnc2)CC1. The van der Waals surface area contributed by atoms with Crippen molar-refractivity contribution in [2.75, 3.05) is 26.2 Å². The van der Waals surface area contributed by atoms with Crippen LogP contribution in [-0.2, 0) is 10.0 Å². The van der Waals surface area contributed by atoms with E-state index in [0.717, 1.165) is 5.56 Å². The van der Waals surface area contributed by atoms with Crippen LogP contribution >= 0.6 is 0 Å². The smallest absolute Gasteiger partial charge is 0.244 e. The van der Waals surface area contributed by atoms with Crippen LogP contribution in [0.1, 0.15) is 18.5 Å². The standard InChI is InChI=1S/C17H20FN3O2S/c1-14(15-4-2-5-16(18)12-15)20-8-10-21(11-9-20)24(22,23)17-6-3-7-19-13-17/h2-7,12-14H,8-11H2,1H3/t14-/m1/s1. The maximum Gasteiger partial charge on any atom is 0.244 e. The van der Waals surface area contributed by atoms with Crippen molar-refractivity contribution in [3.8, 4) is 0 Å². The van der Waals surface area contributed by atoms with Gasteiger partial charge in [0.25, 0.3) is 0 Å². The fourth-order valence-corrected chi connectivity index (χ4v) is 4.34. The first-order valence-corrected chi connectivity index (χ1v) is 9.32. The summed E-state index contributed by atoms with van der Waals surface area (Å²) < 4.78 is 40.1. The average molecular weight is 349 g/mol. The van der Waals surface area contributed by atoms with Gasteiger partial charge in [0.15, 0.2) is 0 Å². The van der Waals surface area contributed by atoms with E-state index in [1.807, 2.05) is 13.0 Å². The molecule has 1 atom stereocenters. The lowest BCUT2D eigenvalue weighted by Gasteiger charge is -2.37. The monoisotopic (exact) mass is 349 g/mol. The number of piperazine rings is 1. The second kappa shape index (κ2) is 6.96. The number of halogens is 1. The van der Waals surface area contributed by atoms with Crippen molar-refractivity contribution in [1.82, 2.24) is 14.2 Å². The van der Waals surface area contributed by atoms with E-state index in [1.54, 1.807) is 24.4 Å². The summed E-state index contributed by atoms with van der Waals surface area (Å²) >= 11 is 0. The highest BCUT2D eigenvalue weighted by Crippen LogP contribution is 2.24. The van der Waals surface area contributed by atoms with Crippen LogP contribution < -0.4 is 0 Å². The molecule has 0 N–H and O–H groups in total. The van der Waals surface area contributed by atoms with Crippen LogP contribution in [0.5, 0.6) is 0 Å².